The van der Waals surface area contributed by atoms with Crippen LogP contribution in [-0.4, -0.2) is 26.2 Å². The van der Waals surface area contributed by atoms with Gasteiger partial charge in [0.2, 0.25) is 5.82 Å². The van der Waals surface area contributed by atoms with Crippen molar-refractivity contribution in [2.24, 2.45) is 0 Å². The summed E-state index contributed by atoms with van der Waals surface area (Å²) in [5.74, 6) is 0.575. The standard InChI is InChI=1S/C10H13N5O2/c1-5(8-6(2)15-17-7(8)3)13-10(16)9-11-4-12-14-9/h4-5H,1-3H3,(H,13,16)(H,11,12,14). The number of carbonyl (C=O) groups excluding carboxylic acids is 1. The van der Waals surface area contributed by atoms with Gasteiger partial charge >= 0.3 is 0 Å². The van der Waals surface area contributed by atoms with Gasteiger partial charge in [0.05, 0.1) is 11.7 Å². The molecule has 0 aliphatic carbocycles. The van der Waals surface area contributed by atoms with E-state index in [1.54, 1.807) is 0 Å². The van der Waals surface area contributed by atoms with Crippen LogP contribution in [0.25, 0.3) is 0 Å². The van der Waals surface area contributed by atoms with Gasteiger partial charge in [-0.05, 0) is 20.8 Å². The van der Waals surface area contributed by atoms with Gasteiger partial charge in [0, 0.05) is 5.56 Å². The lowest BCUT2D eigenvalue weighted by Gasteiger charge is -2.12. The zero-order valence-electron chi connectivity index (χ0n) is 9.81. The molecular formula is C10H13N5O2. The highest BCUT2D eigenvalue weighted by Gasteiger charge is 2.19. The molecule has 17 heavy (non-hydrogen) atoms. The van der Waals surface area contributed by atoms with E-state index in [0.717, 1.165) is 11.3 Å². The molecule has 7 nitrogen and oxygen atoms in total. The molecule has 0 fully saturated rings. The zero-order valence-corrected chi connectivity index (χ0v) is 9.81. The van der Waals surface area contributed by atoms with Crippen molar-refractivity contribution < 1.29 is 9.32 Å². The molecule has 0 spiro atoms. The average Bonchev–Trinajstić information content (AvgIpc) is 2.88. The maximum atomic E-state index is 11.7. The van der Waals surface area contributed by atoms with Crippen molar-refractivity contribution in [1.82, 2.24) is 25.7 Å². The van der Waals surface area contributed by atoms with E-state index in [1.807, 2.05) is 20.8 Å². The Morgan fingerprint density at radius 1 is 1.53 bits per heavy atom. The van der Waals surface area contributed by atoms with Crippen LogP contribution in [0.1, 0.15) is 40.6 Å². The van der Waals surface area contributed by atoms with Gasteiger partial charge in [0.25, 0.3) is 5.91 Å². The summed E-state index contributed by atoms with van der Waals surface area (Å²) in [6.45, 7) is 5.51. The molecule has 0 aromatic carbocycles. The highest BCUT2D eigenvalue weighted by Crippen LogP contribution is 2.20. The largest absolute Gasteiger partial charge is 0.361 e. The second-order valence-electron chi connectivity index (χ2n) is 3.77. The molecule has 1 amide bonds. The summed E-state index contributed by atoms with van der Waals surface area (Å²) in [5, 5.41) is 12.8. The molecule has 2 aromatic heterocycles. The molecule has 2 heterocycles. The Kier molecular flexibility index (Phi) is 2.90. The fourth-order valence-corrected chi connectivity index (χ4v) is 1.76. The molecule has 0 aliphatic heterocycles. The van der Waals surface area contributed by atoms with Crippen molar-refractivity contribution in [3.63, 3.8) is 0 Å². The fourth-order valence-electron chi connectivity index (χ4n) is 1.76. The number of rotatable bonds is 3. The van der Waals surface area contributed by atoms with E-state index in [2.05, 4.69) is 25.7 Å². The van der Waals surface area contributed by atoms with Gasteiger partial charge in [-0.3, -0.25) is 9.89 Å². The third-order valence-corrected chi connectivity index (χ3v) is 2.50. The molecule has 2 aromatic rings. The van der Waals surface area contributed by atoms with Crippen molar-refractivity contribution in [1.29, 1.82) is 0 Å². The lowest BCUT2D eigenvalue weighted by atomic mass is 10.1. The number of hydrogen-bond donors (Lipinski definition) is 2. The highest BCUT2D eigenvalue weighted by molar-refractivity contribution is 5.90. The molecule has 0 radical (unpaired) electrons. The van der Waals surface area contributed by atoms with Crippen LogP contribution in [-0.2, 0) is 0 Å². The summed E-state index contributed by atoms with van der Waals surface area (Å²) < 4.78 is 5.05. The molecule has 1 unspecified atom stereocenters. The van der Waals surface area contributed by atoms with E-state index in [9.17, 15) is 4.79 Å². The Balaban J connectivity index is 2.12. The van der Waals surface area contributed by atoms with Crippen LogP contribution in [0, 0.1) is 13.8 Å². The number of nitrogens with one attached hydrogen (secondary N) is 2. The van der Waals surface area contributed by atoms with E-state index in [-0.39, 0.29) is 17.8 Å². The highest BCUT2D eigenvalue weighted by atomic mass is 16.5. The Morgan fingerprint density at radius 3 is 2.82 bits per heavy atom. The first-order chi connectivity index (χ1) is 8.09. The van der Waals surface area contributed by atoms with Gasteiger partial charge in [-0.2, -0.15) is 5.10 Å². The van der Waals surface area contributed by atoms with E-state index < -0.39 is 0 Å². The Morgan fingerprint density at radius 2 is 2.29 bits per heavy atom. The third-order valence-electron chi connectivity index (χ3n) is 2.50. The normalized spacial score (nSPS) is 12.4. The minimum Gasteiger partial charge on any atom is -0.361 e. The molecule has 2 rings (SSSR count). The SMILES string of the molecule is Cc1noc(C)c1C(C)NC(=O)c1ncn[nH]1. The number of amides is 1. The summed E-state index contributed by atoms with van der Waals surface area (Å²) in [6.07, 6.45) is 1.29. The summed E-state index contributed by atoms with van der Waals surface area (Å²) in [4.78, 5) is 15.5. The van der Waals surface area contributed by atoms with Crippen molar-refractivity contribution in [3.05, 3.63) is 29.2 Å². The number of carbonyl (C=O) groups is 1. The minimum absolute atomic E-state index is 0.184. The van der Waals surface area contributed by atoms with Gasteiger partial charge < -0.3 is 9.84 Å². The molecule has 7 heteroatoms. The van der Waals surface area contributed by atoms with E-state index in [4.69, 9.17) is 4.52 Å². The molecule has 0 saturated heterocycles. The van der Waals surface area contributed by atoms with Crippen molar-refractivity contribution in [2.75, 3.05) is 0 Å². The van der Waals surface area contributed by atoms with Crippen LogP contribution < -0.4 is 5.32 Å². The first kappa shape index (κ1) is 11.3. The first-order valence-electron chi connectivity index (χ1n) is 5.18. The lowest BCUT2D eigenvalue weighted by Crippen LogP contribution is -2.28. The van der Waals surface area contributed by atoms with Crippen LogP contribution >= 0.6 is 0 Å². The van der Waals surface area contributed by atoms with E-state index in [0.29, 0.717) is 5.76 Å². The first-order valence-corrected chi connectivity index (χ1v) is 5.18. The second-order valence-corrected chi connectivity index (χ2v) is 3.77. The Hall–Kier alpha value is -2.18. The topological polar surface area (TPSA) is 96.7 Å². The number of aryl methyl sites for hydroxylation is 2. The van der Waals surface area contributed by atoms with E-state index >= 15 is 0 Å². The fraction of sp³-hybridized carbons (Fsp3) is 0.400. The molecule has 90 valence electrons. The Bertz CT molecular complexity index is 497. The molecular weight excluding hydrogens is 222 g/mol. The number of aromatic amines is 1. The summed E-state index contributed by atoms with van der Waals surface area (Å²) >= 11 is 0. The second kappa shape index (κ2) is 4.36. The lowest BCUT2D eigenvalue weighted by molar-refractivity contribution is 0.0929. The van der Waals surface area contributed by atoms with Crippen molar-refractivity contribution in [2.45, 2.75) is 26.8 Å². The van der Waals surface area contributed by atoms with Crippen LogP contribution in [0.2, 0.25) is 0 Å². The van der Waals surface area contributed by atoms with Crippen LogP contribution in [0.5, 0.6) is 0 Å². The number of aromatic nitrogens is 4. The smallest absolute Gasteiger partial charge is 0.289 e. The molecule has 0 aliphatic rings. The number of nitrogens with zero attached hydrogens (tertiary/aromatic N) is 3. The zero-order chi connectivity index (χ0) is 12.4. The summed E-state index contributed by atoms with van der Waals surface area (Å²) in [7, 11) is 0. The maximum Gasteiger partial charge on any atom is 0.289 e. The predicted molar refractivity (Wildman–Crippen MR) is 58.2 cm³/mol. The van der Waals surface area contributed by atoms with Crippen LogP contribution in [0.15, 0.2) is 10.9 Å². The van der Waals surface area contributed by atoms with Crippen LogP contribution in [0.3, 0.4) is 0 Å². The third kappa shape index (κ3) is 2.17. The minimum atomic E-state index is -0.310. The van der Waals surface area contributed by atoms with Crippen LogP contribution in [0.4, 0.5) is 0 Å². The van der Waals surface area contributed by atoms with Crippen molar-refractivity contribution in [3.8, 4) is 0 Å². The molecule has 2 N–H and O–H groups in total. The van der Waals surface area contributed by atoms with Gasteiger partial charge in [0.1, 0.15) is 12.1 Å². The molecule has 1 atom stereocenters. The monoisotopic (exact) mass is 235 g/mol. The predicted octanol–water partition coefficient (Wildman–Crippen LogP) is 0.901. The summed E-state index contributed by atoms with van der Waals surface area (Å²) in [6, 6.07) is -0.196. The number of hydrogen-bond acceptors (Lipinski definition) is 5. The van der Waals surface area contributed by atoms with Gasteiger partial charge in [-0.1, -0.05) is 5.16 Å². The Labute approximate surface area is 97.6 Å². The summed E-state index contributed by atoms with van der Waals surface area (Å²) in [5.41, 5.74) is 1.66. The maximum absolute atomic E-state index is 11.7. The molecule has 0 bridgehead atoms. The van der Waals surface area contributed by atoms with Gasteiger partial charge in [-0.25, -0.2) is 4.98 Å². The van der Waals surface area contributed by atoms with E-state index in [1.165, 1.54) is 6.33 Å². The number of H-pyrrole nitrogens is 1. The average molecular weight is 235 g/mol. The van der Waals surface area contributed by atoms with Gasteiger partial charge in [0.15, 0.2) is 0 Å². The van der Waals surface area contributed by atoms with Crippen molar-refractivity contribution >= 4 is 5.91 Å². The quantitative estimate of drug-likeness (QED) is 0.823. The molecule has 0 saturated carbocycles. The van der Waals surface area contributed by atoms with Gasteiger partial charge in [-0.15, -0.1) is 0 Å².